The Balaban J connectivity index is 1.91. The van der Waals surface area contributed by atoms with E-state index in [-0.39, 0.29) is 6.54 Å². The van der Waals surface area contributed by atoms with Crippen LogP contribution >= 0.6 is 0 Å². The zero-order chi connectivity index (χ0) is 18.4. The summed E-state index contributed by atoms with van der Waals surface area (Å²) >= 11 is 0. The van der Waals surface area contributed by atoms with Crippen molar-refractivity contribution in [3.63, 3.8) is 0 Å². The summed E-state index contributed by atoms with van der Waals surface area (Å²) in [6, 6.07) is 6.45. The molecule has 1 aromatic carbocycles. The molecule has 1 aromatic heterocycles. The molecule has 0 aliphatic heterocycles. The number of nitrogens with zero attached hydrogens (tertiary/aromatic N) is 3. The Morgan fingerprint density at radius 3 is 2.60 bits per heavy atom. The molecule has 6 nitrogen and oxygen atoms in total. The molecule has 0 unspecified atom stereocenters. The Kier molecular flexibility index (Phi) is 5.79. The Morgan fingerprint density at radius 1 is 1.20 bits per heavy atom. The van der Waals surface area contributed by atoms with Crippen LogP contribution in [0, 0.1) is 0 Å². The molecule has 0 aliphatic carbocycles. The number of aromatic nitrogens is 2. The fraction of sp³-hybridized carbons (Fsp3) is 0.312. The van der Waals surface area contributed by atoms with Gasteiger partial charge in [0.15, 0.2) is 5.82 Å². The number of hydrogen-bond donors (Lipinski definition) is 2. The van der Waals surface area contributed by atoms with Gasteiger partial charge in [0.2, 0.25) is 0 Å². The standard InChI is InChI=1S/C16H18F3N5O/c1-24(2)11-9-14(23-22-10-11)20-7-8-21-15(25)12-5-3-4-6-13(12)16(17,18)19/h3-6,9-10H,7-8H2,1-2H3,(H,20,23)(H,21,25). The number of carbonyl (C=O) groups is 1. The van der Waals surface area contributed by atoms with Crippen LogP contribution in [0.4, 0.5) is 24.7 Å². The number of halogens is 3. The van der Waals surface area contributed by atoms with Crippen molar-refractivity contribution < 1.29 is 18.0 Å². The lowest BCUT2D eigenvalue weighted by atomic mass is 10.1. The van der Waals surface area contributed by atoms with Crippen LogP contribution < -0.4 is 15.5 Å². The minimum Gasteiger partial charge on any atom is -0.376 e. The van der Waals surface area contributed by atoms with Crippen LogP contribution in [0.3, 0.4) is 0 Å². The Morgan fingerprint density at radius 2 is 1.92 bits per heavy atom. The maximum absolute atomic E-state index is 12.9. The van der Waals surface area contributed by atoms with Gasteiger partial charge in [-0.1, -0.05) is 12.1 Å². The van der Waals surface area contributed by atoms with Crippen LogP contribution in [0.5, 0.6) is 0 Å². The van der Waals surface area contributed by atoms with Gasteiger partial charge in [0.1, 0.15) is 0 Å². The monoisotopic (exact) mass is 353 g/mol. The summed E-state index contributed by atoms with van der Waals surface area (Å²) in [6.07, 6.45) is -2.98. The van der Waals surface area contributed by atoms with Gasteiger partial charge in [0.05, 0.1) is 23.0 Å². The van der Waals surface area contributed by atoms with Crippen molar-refractivity contribution in [2.75, 3.05) is 37.4 Å². The average Bonchev–Trinajstić information content (AvgIpc) is 2.58. The van der Waals surface area contributed by atoms with E-state index < -0.39 is 23.2 Å². The van der Waals surface area contributed by atoms with Gasteiger partial charge in [0, 0.05) is 33.3 Å². The van der Waals surface area contributed by atoms with Crippen LogP contribution in [0.15, 0.2) is 36.5 Å². The lowest BCUT2D eigenvalue weighted by molar-refractivity contribution is -0.137. The molecule has 0 saturated carbocycles. The zero-order valence-electron chi connectivity index (χ0n) is 13.8. The molecule has 0 radical (unpaired) electrons. The molecule has 0 saturated heterocycles. The molecule has 0 fully saturated rings. The van der Waals surface area contributed by atoms with E-state index in [0.717, 1.165) is 17.8 Å². The first-order valence-electron chi connectivity index (χ1n) is 7.47. The van der Waals surface area contributed by atoms with Gasteiger partial charge in [-0.05, 0) is 12.1 Å². The van der Waals surface area contributed by atoms with Gasteiger partial charge >= 0.3 is 6.18 Å². The molecule has 9 heteroatoms. The molecule has 25 heavy (non-hydrogen) atoms. The van der Waals surface area contributed by atoms with Gasteiger partial charge in [0.25, 0.3) is 5.91 Å². The second-order valence-corrected chi connectivity index (χ2v) is 5.42. The van der Waals surface area contributed by atoms with Crippen LogP contribution in [-0.2, 0) is 6.18 Å². The Hall–Kier alpha value is -2.84. The second-order valence-electron chi connectivity index (χ2n) is 5.42. The number of rotatable bonds is 6. The van der Waals surface area contributed by atoms with Crippen LogP contribution in [0.25, 0.3) is 0 Å². The number of benzene rings is 1. The van der Waals surface area contributed by atoms with E-state index in [1.807, 2.05) is 19.0 Å². The SMILES string of the molecule is CN(C)c1cnnc(NCCNC(=O)c2ccccc2C(F)(F)F)c1. The summed E-state index contributed by atoms with van der Waals surface area (Å²) in [7, 11) is 3.72. The molecule has 2 aromatic rings. The number of carbonyl (C=O) groups excluding carboxylic acids is 1. The number of anilines is 2. The minimum absolute atomic E-state index is 0.138. The van der Waals surface area contributed by atoms with Crippen molar-refractivity contribution in [2.24, 2.45) is 0 Å². The first-order chi connectivity index (χ1) is 11.8. The highest BCUT2D eigenvalue weighted by Gasteiger charge is 2.34. The third-order valence-corrected chi connectivity index (χ3v) is 3.35. The molecule has 0 bridgehead atoms. The maximum Gasteiger partial charge on any atom is 0.417 e. The molecule has 0 spiro atoms. The van der Waals surface area contributed by atoms with E-state index in [2.05, 4.69) is 20.8 Å². The summed E-state index contributed by atoms with van der Waals surface area (Å²) < 4.78 is 38.7. The molecule has 134 valence electrons. The Labute approximate surface area is 143 Å². The predicted octanol–water partition coefficient (Wildman–Crippen LogP) is 2.40. The average molecular weight is 353 g/mol. The molecule has 2 N–H and O–H groups in total. The topological polar surface area (TPSA) is 70.2 Å². The molecule has 1 amide bonds. The Bertz CT molecular complexity index is 734. The summed E-state index contributed by atoms with van der Waals surface area (Å²) in [5, 5.41) is 13.1. The number of nitrogens with one attached hydrogen (secondary N) is 2. The van der Waals surface area contributed by atoms with E-state index in [1.165, 1.54) is 12.1 Å². The van der Waals surface area contributed by atoms with Crippen molar-refractivity contribution in [1.82, 2.24) is 15.5 Å². The maximum atomic E-state index is 12.9. The van der Waals surface area contributed by atoms with E-state index in [4.69, 9.17) is 0 Å². The van der Waals surface area contributed by atoms with E-state index >= 15 is 0 Å². The highest BCUT2D eigenvalue weighted by Crippen LogP contribution is 2.31. The smallest absolute Gasteiger partial charge is 0.376 e. The van der Waals surface area contributed by atoms with Crippen molar-refractivity contribution in [3.8, 4) is 0 Å². The highest BCUT2D eigenvalue weighted by atomic mass is 19.4. The van der Waals surface area contributed by atoms with E-state index in [0.29, 0.717) is 12.4 Å². The van der Waals surface area contributed by atoms with Crippen molar-refractivity contribution in [3.05, 3.63) is 47.7 Å². The lowest BCUT2D eigenvalue weighted by Gasteiger charge is -2.14. The van der Waals surface area contributed by atoms with Crippen LogP contribution in [-0.4, -0.2) is 43.3 Å². The van der Waals surface area contributed by atoms with E-state index in [9.17, 15) is 18.0 Å². The number of hydrogen-bond acceptors (Lipinski definition) is 5. The molecule has 0 aliphatic rings. The predicted molar refractivity (Wildman–Crippen MR) is 88.6 cm³/mol. The normalized spacial score (nSPS) is 11.1. The van der Waals surface area contributed by atoms with Crippen LogP contribution in [0.2, 0.25) is 0 Å². The van der Waals surface area contributed by atoms with Gasteiger partial charge in [-0.25, -0.2) is 0 Å². The largest absolute Gasteiger partial charge is 0.417 e. The van der Waals surface area contributed by atoms with Gasteiger partial charge in [-0.2, -0.15) is 18.3 Å². The lowest BCUT2D eigenvalue weighted by Crippen LogP contribution is -2.30. The van der Waals surface area contributed by atoms with Gasteiger partial charge in [-0.15, -0.1) is 5.10 Å². The fourth-order valence-electron chi connectivity index (χ4n) is 2.08. The van der Waals surface area contributed by atoms with Crippen LogP contribution in [0.1, 0.15) is 15.9 Å². The highest BCUT2D eigenvalue weighted by molar-refractivity contribution is 5.95. The first-order valence-corrected chi connectivity index (χ1v) is 7.47. The van der Waals surface area contributed by atoms with Crippen molar-refractivity contribution >= 4 is 17.4 Å². The third-order valence-electron chi connectivity index (χ3n) is 3.35. The summed E-state index contributed by atoms with van der Waals surface area (Å²) in [5.41, 5.74) is -0.505. The molecule has 1 heterocycles. The fourth-order valence-corrected chi connectivity index (χ4v) is 2.08. The molecule has 0 atom stereocenters. The summed E-state index contributed by atoms with van der Waals surface area (Å²) in [5.74, 6) is -0.265. The van der Waals surface area contributed by atoms with Gasteiger partial charge < -0.3 is 15.5 Å². The molecular weight excluding hydrogens is 335 g/mol. The van der Waals surface area contributed by atoms with Gasteiger partial charge in [-0.3, -0.25) is 4.79 Å². The zero-order valence-corrected chi connectivity index (χ0v) is 13.8. The van der Waals surface area contributed by atoms with Crippen molar-refractivity contribution in [2.45, 2.75) is 6.18 Å². The number of amides is 1. The molecular formula is C16H18F3N5O. The second kappa shape index (κ2) is 7.82. The quantitative estimate of drug-likeness (QED) is 0.781. The van der Waals surface area contributed by atoms with Crippen molar-refractivity contribution in [1.29, 1.82) is 0 Å². The summed E-state index contributed by atoms with van der Waals surface area (Å²) in [4.78, 5) is 13.9. The minimum atomic E-state index is -4.58. The number of alkyl halides is 3. The third kappa shape index (κ3) is 5.07. The molecule has 2 rings (SSSR count). The summed E-state index contributed by atoms with van der Waals surface area (Å²) in [6.45, 7) is 0.435. The van der Waals surface area contributed by atoms with E-state index in [1.54, 1.807) is 12.3 Å². The first kappa shape index (κ1) is 18.5.